The van der Waals surface area contributed by atoms with Gasteiger partial charge in [-0.2, -0.15) is 4.98 Å². The van der Waals surface area contributed by atoms with Crippen molar-refractivity contribution < 1.29 is 8.42 Å². The summed E-state index contributed by atoms with van der Waals surface area (Å²) in [5.74, 6) is 2.35. The van der Waals surface area contributed by atoms with Crippen LogP contribution in [-0.2, 0) is 10.0 Å². The van der Waals surface area contributed by atoms with E-state index in [4.69, 9.17) is 0 Å². The van der Waals surface area contributed by atoms with Crippen LogP contribution in [0.25, 0.3) is 10.9 Å². The van der Waals surface area contributed by atoms with Gasteiger partial charge in [0.25, 0.3) is 0 Å². The molecule has 3 aromatic rings. The summed E-state index contributed by atoms with van der Waals surface area (Å²) in [6.45, 7) is 1.30. The summed E-state index contributed by atoms with van der Waals surface area (Å²) >= 11 is 3.33. The number of rotatable bonds is 8. The van der Waals surface area contributed by atoms with Crippen molar-refractivity contribution in [1.29, 1.82) is 0 Å². The van der Waals surface area contributed by atoms with Crippen LogP contribution in [0.5, 0.6) is 0 Å². The highest BCUT2D eigenvalue weighted by Gasteiger charge is 2.23. The quantitative estimate of drug-likeness (QED) is 0.403. The molecule has 170 valence electrons. The Morgan fingerprint density at radius 1 is 0.938 bits per heavy atom. The first-order valence-electron chi connectivity index (χ1n) is 10.9. The fraction of sp³-hybridized carbons (Fsp3) is 0.391. The van der Waals surface area contributed by atoms with Gasteiger partial charge in [-0.25, -0.2) is 18.1 Å². The Hall–Kier alpha value is -2.23. The minimum atomic E-state index is -3.47. The lowest BCUT2D eigenvalue weighted by Crippen LogP contribution is -2.32. The minimum absolute atomic E-state index is 0.301. The highest BCUT2D eigenvalue weighted by molar-refractivity contribution is 9.10. The average molecular weight is 518 g/mol. The minimum Gasteiger partial charge on any atom is -0.372 e. The zero-order valence-corrected chi connectivity index (χ0v) is 20.4. The Morgan fingerprint density at radius 3 is 2.28 bits per heavy atom. The fourth-order valence-corrected chi connectivity index (χ4v) is 5.53. The van der Waals surface area contributed by atoms with Crippen LogP contribution in [0.15, 0.2) is 57.9 Å². The number of halogens is 1. The van der Waals surface area contributed by atoms with Crippen molar-refractivity contribution >= 4 is 48.6 Å². The Kier molecular flexibility index (Phi) is 7.27. The summed E-state index contributed by atoms with van der Waals surface area (Å²) in [6.07, 6.45) is 4.14. The molecule has 1 saturated carbocycles. The van der Waals surface area contributed by atoms with E-state index in [9.17, 15) is 8.42 Å². The smallest absolute Gasteiger partial charge is 0.240 e. The van der Waals surface area contributed by atoms with Crippen molar-refractivity contribution in [3.8, 4) is 0 Å². The molecule has 0 aliphatic heterocycles. The molecule has 1 aromatic heterocycles. The molecule has 9 heteroatoms. The summed E-state index contributed by atoms with van der Waals surface area (Å²) in [5.41, 5.74) is 0.913. The summed E-state index contributed by atoms with van der Waals surface area (Å²) in [4.78, 5) is 9.53. The van der Waals surface area contributed by atoms with Crippen LogP contribution < -0.4 is 15.4 Å². The van der Waals surface area contributed by atoms with E-state index in [1.54, 1.807) is 24.3 Å². The Morgan fingerprint density at radius 2 is 1.59 bits per heavy atom. The van der Waals surface area contributed by atoms with E-state index >= 15 is 0 Å². The van der Waals surface area contributed by atoms with Gasteiger partial charge in [-0.05, 0) is 73.9 Å². The maximum Gasteiger partial charge on any atom is 0.240 e. The molecule has 32 heavy (non-hydrogen) atoms. The number of hydrogen-bond donors (Lipinski definition) is 3. The van der Waals surface area contributed by atoms with Gasteiger partial charge in [-0.3, -0.25) is 0 Å². The molecule has 1 aliphatic carbocycles. The van der Waals surface area contributed by atoms with E-state index in [1.807, 2.05) is 31.3 Å². The lowest BCUT2D eigenvalue weighted by molar-refractivity contribution is 0.284. The topological polar surface area (TPSA) is 96.0 Å². The molecule has 2 aromatic carbocycles. The normalized spacial score (nSPS) is 19.1. The molecule has 0 unspecified atom stereocenters. The van der Waals surface area contributed by atoms with Crippen LogP contribution in [0.3, 0.4) is 0 Å². The number of benzene rings is 2. The molecule has 1 fully saturated rings. The number of fused-ring (bicyclic) bond motifs is 1. The number of aromatic nitrogens is 2. The molecular formula is C23H28BrN5O2S. The third kappa shape index (κ3) is 5.57. The highest BCUT2D eigenvalue weighted by Crippen LogP contribution is 2.29. The molecule has 0 saturated heterocycles. The van der Waals surface area contributed by atoms with Gasteiger partial charge < -0.3 is 10.6 Å². The van der Waals surface area contributed by atoms with Crippen molar-refractivity contribution in [2.24, 2.45) is 11.8 Å². The first kappa shape index (κ1) is 22.9. The summed E-state index contributed by atoms with van der Waals surface area (Å²) < 4.78 is 28.6. The third-order valence-electron chi connectivity index (χ3n) is 6.04. The van der Waals surface area contributed by atoms with Crippen molar-refractivity contribution in [3.63, 3.8) is 0 Å². The second kappa shape index (κ2) is 10.1. The Balaban J connectivity index is 1.26. The molecular weight excluding hydrogens is 490 g/mol. The molecule has 0 atom stereocenters. The van der Waals surface area contributed by atoms with Crippen molar-refractivity contribution in [2.75, 3.05) is 30.8 Å². The van der Waals surface area contributed by atoms with Gasteiger partial charge in [-0.1, -0.05) is 28.1 Å². The second-order valence-corrected chi connectivity index (χ2v) is 10.9. The first-order valence-corrected chi connectivity index (χ1v) is 13.2. The van der Waals surface area contributed by atoms with Crippen LogP contribution in [0.1, 0.15) is 25.7 Å². The SMILES string of the molecule is CNc1nc(NCC2CCC(CNS(=O)(=O)c3ccc(Br)cc3)CC2)nc2ccccc12. The van der Waals surface area contributed by atoms with E-state index in [0.717, 1.165) is 53.4 Å². The highest BCUT2D eigenvalue weighted by atomic mass is 79.9. The zero-order chi connectivity index (χ0) is 22.6. The number of anilines is 2. The Labute approximate surface area is 197 Å². The average Bonchev–Trinajstić information content (AvgIpc) is 2.82. The first-order chi connectivity index (χ1) is 15.4. The van der Waals surface area contributed by atoms with Gasteiger partial charge in [0.2, 0.25) is 16.0 Å². The molecule has 0 bridgehead atoms. The maximum absolute atomic E-state index is 12.5. The predicted molar refractivity (Wildman–Crippen MR) is 132 cm³/mol. The number of nitrogens with zero attached hydrogens (tertiary/aromatic N) is 2. The molecule has 7 nitrogen and oxygen atoms in total. The van der Waals surface area contributed by atoms with E-state index in [-0.39, 0.29) is 0 Å². The van der Waals surface area contributed by atoms with E-state index in [2.05, 4.69) is 41.3 Å². The maximum atomic E-state index is 12.5. The predicted octanol–water partition coefficient (Wildman–Crippen LogP) is 4.63. The van der Waals surface area contributed by atoms with Crippen molar-refractivity contribution in [1.82, 2.24) is 14.7 Å². The summed E-state index contributed by atoms with van der Waals surface area (Å²) in [7, 11) is -1.60. The summed E-state index contributed by atoms with van der Waals surface area (Å²) in [6, 6.07) is 14.7. The van der Waals surface area contributed by atoms with Gasteiger partial charge in [0.15, 0.2) is 0 Å². The fourth-order valence-electron chi connectivity index (χ4n) is 4.15. The van der Waals surface area contributed by atoms with Crippen LogP contribution >= 0.6 is 15.9 Å². The molecule has 0 amide bonds. The zero-order valence-electron chi connectivity index (χ0n) is 18.0. The van der Waals surface area contributed by atoms with Gasteiger partial charge in [0.1, 0.15) is 5.82 Å². The standard InChI is InChI=1S/C23H28BrN5O2S/c1-25-22-20-4-2-3-5-21(20)28-23(29-22)26-14-16-6-8-17(9-7-16)15-27-32(30,31)19-12-10-18(24)11-13-19/h2-5,10-13,16-17,27H,6-9,14-15H2,1H3,(H2,25,26,28,29). The van der Waals surface area contributed by atoms with Gasteiger partial charge in [0.05, 0.1) is 10.4 Å². The van der Waals surface area contributed by atoms with Crippen molar-refractivity contribution in [3.05, 3.63) is 53.0 Å². The van der Waals surface area contributed by atoms with Crippen molar-refractivity contribution in [2.45, 2.75) is 30.6 Å². The van der Waals surface area contributed by atoms with Gasteiger partial charge >= 0.3 is 0 Å². The number of para-hydroxylation sites is 1. The molecule has 0 radical (unpaired) electrons. The van der Waals surface area contributed by atoms with E-state index in [1.165, 1.54) is 0 Å². The molecule has 3 N–H and O–H groups in total. The largest absolute Gasteiger partial charge is 0.372 e. The van der Waals surface area contributed by atoms with Gasteiger partial charge in [0, 0.05) is 30.0 Å². The Bertz CT molecular complexity index is 1160. The second-order valence-electron chi connectivity index (χ2n) is 8.24. The third-order valence-corrected chi connectivity index (χ3v) is 8.01. The lowest BCUT2D eigenvalue weighted by atomic mass is 9.82. The number of nitrogens with one attached hydrogen (secondary N) is 3. The van der Waals surface area contributed by atoms with E-state index < -0.39 is 10.0 Å². The monoisotopic (exact) mass is 517 g/mol. The van der Waals surface area contributed by atoms with Crippen LogP contribution in [0.4, 0.5) is 11.8 Å². The van der Waals surface area contributed by atoms with Crippen LogP contribution in [0, 0.1) is 11.8 Å². The molecule has 1 aliphatic rings. The number of hydrogen-bond acceptors (Lipinski definition) is 6. The lowest BCUT2D eigenvalue weighted by Gasteiger charge is -2.28. The molecule has 1 heterocycles. The van der Waals surface area contributed by atoms with Crippen LogP contribution in [-0.4, -0.2) is 38.5 Å². The summed E-state index contributed by atoms with van der Waals surface area (Å²) in [5, 5.41) is 7.55. The molecule has 0 spiro atoms. The molecule has 4 rings (SSSR count). The van der Waals surface area contributed by atoms with Crippen LogP contribution in [0.2, 0.25) is 0 Å². The number of sulfonamides is 1. The van der Waals surface area contributed by atoms with E-state index in [0.29, 0.717) is 29.2 Å². The van der Waals surface area contributed by atoms with Gasteiger partial charge in [-0.15, -0.1) is 0 Å².